The number of hydrogen-bond donors (Lipinski definition) is 2. The van der Waals surface area contributed by atoms with Crippen molar-refractivity contribution in [2.75, 3.05) is 6.61 Å². The smallest absolute Gasteiger partial charge is 0.106 e. The lowest BCUT2D eigenvalue weighted by Gasteiger charge is -2.06. The van der Waals surface area contributed by atoms with Gasteiger partial charge >= 0.3 is 0 Å². The summed E-state index contributed by atoms with van der Waals surface area (Å²) in [5.41, 5.74) is 6.38. The third-order valence-corrected chi connectivity index (χ3v) is 1.84. The molecule has 0 aliphatic carbocycles. The topological polar surface area (TPSA) is 59.1 Å². The van der Waals surface area contributed by atoms with E-state index in [9.17, 15) is 0 Å². The quantitative estimate of drug-likeness (QED) is 0.780. The van der Waals surface area contributed by atoms with E-state index in [1.165, 1.54) is 0 Å². The zero-order valence-electron chi connectivity index (χ0n) is 6.27. The minimum Gasteiger partial charge on any atom is -0.394 e. The van der Waals surface area contributed by atoms with Crippen molar-refractivity contribution in [3.63, 3.8) is 0 Å². The van der Waals surface area contributed by atoms with E-state index < -0.39 is 0 Å². The van der Waals surface area contributed by atoms with Gasteiger partial charge in [-0.25, -0.2) is 4.98 Å². The minimum atomic E-state index is -0.324. The first-order valence-electron chi connectivity index (χ1n) is 3.22. The van der Waals surface area contributed by atoms with Gasteiger partial charge in [0.15, 0.2) is 0 Å². The first-order valence-corrected chi connectivity index (χ1v) is 4.01. The van der Waals surface area contributed by atoms with E-state index in [1.54, 1.807) is 12.3 Å². The number of aliphatic hydroxyl groups excluding tert-OH is 1. The zero-order chi connectivity index (χ0) is 8.27. The number of aliphatic hydroxyl groups is 1. The highest BCUT2D eigenvalue weighted by atomic mass is 79.9. The summed E-state index contributed by atoms with van der Waals surface area (Å²) in [6.45, 7) is -0.0523. The molecule has 0 unspecified atom stereocenters. The van der Waals surface area contributed by atoms with Crippen LogP contribution < -0.4 is 5.73 Å². The summed E-state index contributed by atoms with van der Waals surface area (Å²) in [5.74, 6) is 0. The van der Waals surface area contributed by atoms with Crippen molar-refractivity contribution in [1.29, 1.82) is 0 Å². The Morgan fingerprint density at radius 3 is 2.67 bits per heavy atom. The van der Waals surface area contributed by atoms with Crippen LogP contribution in [0.2, 0.25) is 0 Å². The summed E-state index contributed by atoms with van der Waals surface area (Å²) in [7, 11) is 0. The van der Waals surface area contributed by atoms with Crippen molar-refractivity contribution in [1.82, 2.24) is 4.98 Å². The number of nitrogens with two attached hydrogens (primary N) is 1. The van der Waals surface area contributed by atoms with Crippen LogP contribution in [0, 0.1) is 0 Å². The molecule has 0 radical (unpaired) electrons. The van der Waals surface area contributed by atoms with Crippen molar-refractivity contribution in [2.45, 2.75) is 6.04 Å². The van der Waals surface area contributed by atoms with Gasteiger partial charge in [0, 0.05) is 6.20 Å². The molecule has 1 aromatic heterocycles. The summed E-state index contributed by atoms with van der Waals surface area (Å²) in [6, 6.07) is 3.30. The van der Waals surface area contributed by atoms with Gasteiger partial charge in [0.1, 0.15) is 4.60 Å². The van der Waals surface area contributed by atoms with E-state index in [0.29, 0.717) is 0 Å². The molecule has 0 fully saturated rings. The SMILES string of the molecule is Cl.N[C@@H](CO)c1ccc(Br)nc1. The Bertz CT molecular complexity index is 229. The summed E-state index contributed by atoms with van der Waals surface area (Å²) in [6.07, 6.45) is 1.64. The molecule has 3 N–H and O–H groups in total. The predicted octanol–water partition coefficient (Wildman–Crippen LogP) is 1.26. The van der Waals surface area contributed by atoms with Crippen LogP contribution in [-0.2, 0) is 0 Å². The number of halogens is 2. The van der Waals surface area contributed by atoms with Gasteiger partial charge in [-0.1, -0.05) is 6.07 Å². The molecule has 3 nitrogen and oxygen atoms in total. The molecule has 1 atom stereocenters. The number of aromatic nitrogens is 1. The molecular weight excluding hydrogens is 243 g/mol. The van der Waals surface area contributed by atoms with Crippen molar-refractivity contribution in [3.8, 4) is 0 Å². The number of nitrogens with zero attached hydrogens (tertiary/aromatic N) is 1. The second-order valence-corrected chi connectivity index (χ2v) is 3.02. The molecule has 0 aromatic carbocycles. The molecule has 0 aliphatic rings. The van der Waals surface area contributed by atoms with E-state index in [2.05, 4.69) is 20.9 Å². The summed E-state index contributed by atoms with van der Waals surface area (Å²) in [5, 5.41) is 8.69. The van der Waals surface area contributed by atoms with Gasteiger partial charge in [0.05, 0.1) is 12.6 Å². The third-order valence-electron chi connectivity index (χ3n) is 1.38. The standard InChI is InChI=1S/C7H9BrN2O.ClH/c8-7-2-1-5(3-10-7)6(9)4-11;/h1-3,6,11H,4,9H2;1H/t6-;/m0./s1. The average Bonchev–Trinajstić information content (AvgIpc) is 2.05. The van der Waals surface area contributed by atoms with Gasteiger partial charge in [-0.3, -0.25) is 0 Å². The fourth-order valence-corrected chi connectivity index (χ4v) is 0.947. The minimum absolute atomic E-state index is 0. The Labute approximate surface area is 85.5 Å². The van der Waals surface area contributed by atoms with Gasteiger partial charge < -0.3 is 10.8 Å². The Kier molecular flexibility index (Phi) is 5.41. The Balaban J connectivity index is 0.00000121. The van der Waals surface area contributed by atoms with Crippen LogP contribution in [0.15, 0.2) is 22.9 Å². The highest BCUT2D eigenvalue weighted by Gasteiger charge is 2.02. The van der Waals surface area contributed by atoms with E-state index in [0.717, 1.165) is 10.2 Å². The van der Waals surface area contributed by atoms with Crippen LogP contribution in [0.5, 0.6) is 0 Å². The maximum absolute atomic E-state index is 8.69. The largest absolute Gasteiger partial charge is 0.394 e. The van der Waals surface area contributed by atoms with Gasteiger partial charge in [-0.2, -0.15) is 0 Å². The highest BCUT2D eigenvalue weighted by Crippen LogP contribution is 2.11. The van der Waals surface area contributed by atoms with Crippen molar-refractivity contribution in [3.05, 3.63) is 28.5 Å². The van der Waals surface area contributed by atoms with Crippen LogP contribution >= 0.6 is 28.3 Å². The second kappa shape index (κ2) is 5.48. The predicted molar refractivity (Wildman–Crippen MR) is 53.2 cm³/mol. The molecule has 0 saturated carbocycles. The summed E-state index contributed by atoms with van der Waals surface area (Å²) in [4.78, 5) is 3.97. The first kappa shape index (κ1) is 11.8. The molecular formula is C7H10BrClN2O. The molecule has 0 spiro atoms. The average molecular weight is 254 g/mol. The van der Waals surface area contributed by atoms with Crippen molar-refractivity contribution >= 4 is 28.3 Å². The maximum atomic E-state index is 8.69. The van der Waals surface area contributed by atoms with Gasteiger partial charge in [0.25, 0.3) is 0 Å². The lowest BCUT2D eigenvalue weighted by atomic mass is 10.1. The van der Waals surface area contributed by atoms with Crippen molar-refractivity contribution in [2.24, 2.45) is 5.73 Å². The van der Waals surface area contributed by atoms with Crippen LogP contribution in [0.25, 0.3) is 0 Å². The molecule has 5 heteroatoms. The van der Waals surface area contributed by atoms with Crippen LogP contribution in [0.1, 0.15) is 11.6 Å². The Hall–Kier alpha value is -0.160. The number of hydrogen-bond acceptors (Lipinski definition) is 3. The molecule has 68 valence electrons. The molecule has 1 aromatic rings. The lowest BCUT2D eigenvalue weighted by molar-refractivity contribution is 0.268. The molecule has 1 rings (SSSR count). The Morgan fingerprint density at radius 1 is 1.58 bits per heavy atom. The van der Waals surface area contributed by atoms with Gasteiger partial charge in [-0.05, 0) is 27.6 Å². The number of rotatable bonds is 2. The van der Waals surface area contributed by atoms with Gasteiger partial charge in [-0.15, -0.1) is 12.4 Å². The van der Waals surface area contributed by atoms with Gasteiger partial charge in [0.2, 0.25) is 0 Å². The van der Waals surface area contributed by atoms with Crippen LogP contribution in [0.3, 0.4) is 0 Å². The molecule has 12 heavy (non-hydrogen) atoms. The first-order chi connectivity index (χ1) is 5.24. The maximum Gasteiger partial charge on any atom is 0.106 e. The van der Waals surface area contributed by atoms with E-state index >= 15 is 0 Å². The van der Waals surface area contributed by atoms with E-state index in [4.69, 9.17) is 10.8 Å². The Morgan fingerprint density at radius 2 is 2.25 bits per heavy atom. The molecule has 0 saturated heterocycles. The normalized spacial score (nSPS) is 11.9. The van der Waals surface area contributed by atoms with Crippen LogP contribution in [0.4, 0.5) is 0 Å². The monoisotopic (exact) mass is 252 g/mol. The molecule has 0 amide bonds. The highest BCUT2D eigenvalue weighted by molar-refractivity contribution is 9.10. The molecule has 0 bridgehead atoms. The summed E-state index contributed by atoms with van der Waals surface area (Å²) >= 11 is 3.20. The summed E-state index contributed by atoms with van der Waals surface area (Å²) < 4.78 is 0.770. The van der Waals surface area contributed by atoms with Crippen LogP contribution in [-0.4, -0.2) is 16.7 Å². The van der Waals surface area contributed by atoms with E-state index in [-0.39, 0.29) is 25.1 Å². The third kappa shape index (κ3) is 3.06. The zero-order valence-corrected chi connectivity index (χ0v) is 8.68. The van der Waals surface area contributed by atoms with Crippen molar-refractivity contribution < 1.29 is 5.11 Å². The fourth-order valence-electron chi connectivity index (χ4n) is 0.712. The lowest BCUT2D eigenvalue weighted by Crippen LogP contribution is -2.14. The fraction of sp³-hybridized carbons (Fsp3) is 0.286. The number of pyridine rings is 1. The molecule has 0 aliphatic heterocycles. The van der Waals surface area contributed by atoms with E-state index in [1.807, 2.05) is 6.07 Å². The molecule has 1 heterocycles. The second-order valence-electron chi connectivity index (χ2n) is 2.20.